The molecule has 0 N–H and O–H groups in total. The van der Waals surface area contributed by atoms with E-state index in [2.05, 4.69) is 32.9 Å². The van der Waals surface area contributed by atoms with Crippen molar-refractivity contribution in [2.45, 2.75) is 386 Å². The molecule has 0 bridgehead atoms. The monoisotopic (exact) mass is 1030 g/mol. The van der Waals surface area contributed by atoms with Crippen LogP contribution in [0.15, 0.2) is 12.2 Å². The third-order valence-corrected chi connectivity index (χ3v) is 15.3. The minimum atomic E-state index is -0.769. The molecule has 0 rings (SSSR count). The van der Waals surface area contributed by atoms with Crippen LogP contribution in [0.3, 0.4) is 0 Å². The lowest BCUT2D eigenvalue weighted by molar-refractivity contribution is -0.167. The van der Waals surface area contributed by atoms with E-state index in [1.807, 2.05) is 0 Å². The van der Waals surface area contributed by atoms with E-state index >= 15 is 0 Å². The van der Waals surface area contributed by atoms with Crippen molar-refractivity contribution in [2.24, 2.45) is 0 Å². The van der Waals surface area contributed by atoms with Gasteiger partial charge in [0, 0.05) is 19.3 Å². The normalized spacial score (nSPS) is 12.0. The van der Waals surface area contributed by atoms with Gasteiger partial charge < -0.3 is 14.2 Å². The fourth-order valence-corrected chi connectivity index (χ4v) is 10.3. The van der Waals surface area contributed by atoms with E-state index in [-0.39, 0.29) is 31.1 Å². The Kier molecular flexibility index (Phi) is 61.1. The van der Waals surface area contributed by atoms with Crippen LogP contribution < -0.4 is 0 Å². The van der Waals surface area contributed by atoms with Crippen LogP contribution in [0.2, 0.25) is 0 Å². The Morgan fingerprint density at radius 1 is 0.260 bits per heavy atom. The first-order valence-electron chi connectivity index (χ1n) is 33.2. The van der Waals surface area contributed by atoms with E-state index < -0.39 is 6.10 Å². The van der Waals surface area contributed by atoms with E-state index in [0.29, 0.717) is 19.3 Å². The molecule has 0 radical (unpaired) electrons. The SMILES string of the molecule is CCCCCCCCC/C=C\CCCCCCCC(=O)OCC(COC(=O)CCCCCCCCCCCCCCCCCCCCCCCC)OC(=O)CCCCCCCCCCCCCCCCCCC. The number of hydrogen-bond donors (Lipinski definition) is 0. The maximum atomic E-state index is 12.9. The molecule has 0 aliphatic carbocycles. The molecular formula is C67H128O6. The first-order valence-corrected chi connectivity index (χ1v) is 33.2. The van der Waals surface area contributed by atoms with E-state index in [1.165, 1.54) is 276 Å². The van der Waals surface area contributed by atoms with Crippen LogP contribution in [0.1, 0.15) is 380 Å². The molecule has 0 saturated heterocycles. The third-order valence-electron chi connectivity index (χ3n) is 15.3. The molecule has 6 nitrogen and oxygen atoms in total. The Bertz CT molecular complexity index is 1130. The van der Waals surface area contributed by atoms with Crippen LogP contribution >= 0.6 is 0 Å². The van der Waals surface area contributed by atoms with Gasteiger partial charge in [-0.05, 0) is 44.9 Å². The Labute approximate surface area is 456 Å². The Balaban J connectivity index is 4.27. The molecule has 0 aliphatic rings. The highest BCUT2D eigenvalue weighted by Gasteiger charge is 2.19. The number of carbonyl (C=O) groups excluding carboxylic acids is 3. The van der Waals surface area contributed by atoms with Crippen molar-refractivity contribution in [1.82, 2.24) is 0 Å². The van der Waals surface area contributed by atoms with Crippen molar-refractivity contribution < 1.29 is 28.6 Å². The lowest BCUT2D eigenvalue weighted by Gasteiger charge is -2.18. The summed E-state index contributed by atoms with van der Waals surface area (Å²) in [7, 11) is 0. The number of unbranched alkanes of at least 4 members (excludes halogenated alkanes) is 49. The summed E-state index contributed by atoms with van der Waals surface area (Å²) in [5.74, 6) is -0.841. The predicted molar refractivity (Wildman–Crippen MR) is 317 cm³/mol. The van der Waals surface area contributed by atoms with E-state index in [4.69, 9.17) is 14.2 Å². The van der Waals surface area contributed by atoms with Crippen molar-refractivity contribution in [1.29, 1.82) is 0 Å². The Morgan fingerprint density at radius 2 is 0.452 bits per heavy atom. The Morgan fingerprint density at radius 3 is 0.685 bits per heavy atom. The lowest BCUT2D eigenvalue weighted by Crippen LogP contribution is -2.30. The maximum Gasteiger partial charge on any atom is 0.306 e. The molecule has 0 aromatic rings. The fraction of sp³-hybridized carbons (Fsp3) is 0.925. The highest BCUT2D eigenvalue weighted by atomic mass is 16.6. The molecule has 6 heteroatoms. The van der Waals surface area contributed by atoms with Gasteiger partial charge in [-0.3, -0.25) is 14.4 Å². The molecule has 0 aromatic carbocycles. The first-order chi connectivity index (χ1) is 36.0. The molecule has 1 atom stereocenters. The van der Waals surface area contributed by atoms with Gasteiger partial charge in [-0.15, -0.1) is 0 Å². The Hall–Kier alpha value is -1.85. The molecule has 0 fully saturated rings. The second-order valence-electron chi connectivity index (χ2n) is 22.7. The minimum absolute atomic E-state index is 0.0658. The van der Waals surface area contributed by atoms with Crippen molar-refractivity contribution >= 4 is 17.9 Å². The van der Waals surface area contributed by atoms with Gasteiger partial charge in [0.1, 0.15) is 13.2 Å². The minimum Gasteiger partial charge on any atom is -0.462 e. The molecule has 73 heavy (non-hydrogen) atoms. The average molecular weight is 1030 g/mol. The molecule has 0 amide bonds. The highest BCUT2D eigenvalue weighted by Crippen LogP contribution is 2.18. The fourth-order valence-electron chi connectivity index (χ4n) is 10.3. The summed E-state index contributed by atoms with van der Waals surface area (Å²) in [6.07, 6.45) is 73.7. The van der Waals surface area contributed by atoms with Crippen LogP contribution in [-0.4, -0.2) is 37.2 Å². The topological polar surface area (TPSA) is 78.9 Å². The van der Waals surface area contributed by atoms with Crippen molar-refractivity contribution in [2.75, 3.05) is 13.2 Å². The van der Waals surface area contributed by atoms with E-state index in [1.54, 1.807) is 0 Å². The number of ether oxygens (including phenoxy) is 3. The van der Waals surface area contributed by atoms with Crippen LogP contribution in [0.25, 0.3) is 0 Å². The molecule has 0 aromatic heterocycles. The number of hydrogen-bond acceptors (Lipinski definition) is 6. The summed E-state index contributed by atoms with van der Waals surface area (Å²) < 4.78 is 17.0. The zero-order valence-electron chi connectivity index (χ0n) is 49.7. The van der Waals surface area contributed by atoms with Gasteiger partial charge in [0.2, 0.25) is 0 Å². The summed E-state index contributed by atoms with van der Waals surface area (Å²) >= 11 is 0. The van der Waals surface area contributed by atoms with E-state index in [9.17, 15) is 14.4 Å². The molecule has 0 saturated carbocycles. The molecule has 0 spiro atoms. The largest absolute Gasteiger partial charge is 0.462 e. The van der Waals surface area contributed by atoms with Gasteiger partial charge in [-0.25, -0.2) is 0 Å². The average Bonchev–Trinajstić information content (AvgIpc) is 3.39. The van der Waals surface area contributed by atoms with Gasteiger partial charge in [0.25, 0.3) is 0 Å². The van der Waals surface area contributed by atoms with E-state index in [0.717, 1.165) is 64.2 Å². The van der Waals surface area contributed by atoms with Gasteiger partial charge >= 0.3 is 17.9 Å². The molecule has 0 aliphatic heterocycles. The second-order valence-corrected chi connectivity index (χ2v) is 22.7. The summed E-state index contributed by atoms with van der Waals surface area (Å²) in [5, 5.41) is 0. The van der Waals surface area contributed by atoms with Gasteiger partial charge in [-0.1, -0.05) is 328 Å². The summed E-state index contributed by atoms with van der Waals surface area (Å²) in [4.78, 5) is 38.3. The van der Waals surface area contributed by atoms with Gasteiger partial charge in [0.15, 0.2) is 6.10 Å². The van der Waals surface area contributed by atoms with Crippen LogP contribution in [-0.2, 0) is 28.6 Å². The van der Waals surface area contributed by atoms with Gasteiger partial charge in [0.05, 0.1) is 0 Å². The third kappa shape index (κ3) is 60.9. The molecular weight excluding hydrogens is 901 g/mol. The summed E-state index contributed by atoms with van der Waals surface area (Å²) in [6.45, 7) is 6.72. The number of carbonyl (C=O) groups is 3. The lowest BCUT2D eigenvalue weighted by atomic mass is 10.0. The zero-order valence-corrected chi connectivity index (χ0v) is 49.7. The standard InChI is InChI=1S/C67H128O6/c1-4-7-10-13-16-19-22-25-28-31-32-33-34-35-37-39-42-45-48-51-54-57-60-66(69)72-63-64(62-71-65(68)59-56-53-50-47-44-41-38-30-27-24-21-18-15-12-9-6-3)73-67(70)61-58-55-52-49-46-43-40-36-29-26-23-20-17-14-11-8-5-2/h30,38,64H,4-29,31-37,39-63H2,1-3H3/b38-30-. The van der Waals surface area contributed by atoms with Crippen LogP contribution in [0.4, 0.5) is 0 Å². The summed E-state index contributed by atoms with van der Waals surface area (Å²) in [6, 6.07) is 0. The maximum absolute atomic E-state index is 12.9. The smallest absolute Gasteiger partial charge is 0.306 e. The van der Waals surface area contributed by atoms with Crippen LogP contribution in [0.5, 0.6) is 0 Å². The van der Waals surface area contributed by atoms with Crippen molar-refractivity contribution in [3.63, 3.8) is 0 Å². The highest BCUT2D eigenvalue weighted by molar-refractivity contribution is 5.71. The molecule has 432 valence electrons. The quantitative estimate of drug-likeness (QED) is 0.0261. The molecule has 0 heterocycles. The van der Waals surface area contributed by atoms with Crippen LogP contribution in [0, 0.1) is 0 Å². The zero-order chi connectivity index (χ0) is 52.9. The predicted octanol–water partition coefficient (Wildman–Crippen LogP) is 22.4. The summed E-state index contributed by atoms with van der Waals surface area (Å²) in [5.41, 5.74) is 0. The van der Waals surface area contributed by atoms with Crippen molar-refractivity contribution in [3.05, 3.63) is 12.2 Å². The first kappa shape index (κ1) is 71.2. The van der Waals surface area contributed by atoms with Crippen molar-refractivity contribution in [3.8, 4) is 0 Å². The number of allylic oxidation sites excluding steroid dienone is 2. The number of rotatable bonds is 62. The second kappa shape index (κ2) is 62.7. The number of esters is 3. The van der Waals surface area contributed by atoms with Gasteiger partial charge in [-0.2, -0.15) is 0 Å². The molecule has 1 unspecified atom stereocenters.